The summed E-state index contributed by atoms with van der Waals surface area (Å²) in [7, 11) is 1.51. The number of ether oxygens (including phenoxy) is 2. The van der Waals surface area contributed by atoms with Gasteiger partial charge in [0.25, 0.3) is 11.5 Å². The van der Waals surface area contributed by atoms with Gasteiger partial charge in [-0.15, -0.1) is 0 Å². The molecule has 0 unspecified atom stereocenters. The van der Waals surface area contributed by atoms with Gasteiger partial charge in [-0.2, -0.15) is 5.10 Å². The van der Waals surface area contributed by atoms with Crippen molar-refractivity contribution >= 4 is 23.7 Å². The highest BCUT2D eigenvalue weighted by atomic mass is 35.5. The molecule has 0 spiro atoms. The number of hydrogen-bond acceptors (Lipinski definition) is 5. The molecule has 138 valence electrons. The second-order valence-corrected chi connectivity index (χ2v) is 6.07. The number of rotatable bonds is 7. The first-order valence-corrected chi connectivity index (χ1v) is 8.30. The molecule has 1 aromatic carbocycles. The molecule has 0 aliphatic rings. The summed E-state index contributed by atoms with van der Waals surface area (Å²) in [6.07, 6.45) is 2.91. The van der Waals surface area contributed by atoms with Crippen molar-refractivity contribution in [2.24, 2.45) is 5.10 Å². The largest absolute Gasteiger partial charge is 0.493 e. The normalized spacial score (nSPS) is 11.0. The summed E-state index contributed by atoms with van der Waals surface area (Å²) < 4.78 is 12.2. The Morgan fingerprint density at radius 3 is 2.81 bits per heavy atom. The van der Waals surface area contributed by atoms with Crippen LogP contribution in [0.15, 0.2) is 46.4 Å². The van der Waals surface area contributed by atoms with Gasteiger partial charge in [-0.25, -0.2) is 5.43 Å². The average Bonchev–Trinajstić information content (AvgIpc) is 2.58. The molecule has 26 heavy (non-hydrogen) atoms. The van der Waals surface area contributed by atoms with Crippen molar-refractivity contribution < 1.29 is 14.3 Å². The van der Waals surface area contributed by atoms with Crippen LogP contribution in [0, 0.1) is 0 Å². The molecule has 0 aliphatic heterocycles. The minimum atomic E-state index is -0.424. The second kappa shape index (κ2) is 9.05. The van der Waals surface area contributed by atoms with Crippen LogP contribution in [-0.2, 0) is 11.3 Å². The van der Waals surface area contributed by atoms with Crippen LogP contribution in [0.2, 0.25) is 5.02 Å². The molecule has 0 saturated heterocycles. The van der Waals surface area contributed by atoms with Crippen molar-refractivity contribution in [1.82, 2.24) is 9.99 Å². The smallest absolute Gasteiger partial charge is 0.260 e. The molecule has 0 aliphatic carbocycles. The molecule has 0 fully saturated rings. The highest BCUT2D eigenvalue weighted by Gasteiger charge is 2.13. The Labute approximate surface area is 156 Å². The Morgan fingerprint density at radius 1 is 1.38 bits per heavy atom. The number of halogens is 1. The van der Waals surface area contributed by atoms with Gasteiger partial charge in [-0.3, -0.25) is 9.59 Å². The van der Waals surface area contributed by atoms with Crippen LogP contribution < -0.4 is 20.5 Å². The third-order valence-electron chi connectivity index (χ3n) is 3.22. The van der Waals surface area contributed by atoms with E-state index in [1.807, 2.05) is 13.8 Å². The molecular formula is C18H20ClN3O4. The number of hydrogen-bond donors (Lipinski definition) is 1. The third-order valence-corrected chi connectivity index (χ3v) is 3.50. The molecule has 7 nitrogen and oxygen atoms in total. The maximum Gasteiger partial charge on any atom is 0.260 e. The van der Waals surface area contributed by atoms with Crippen LogP contribution in [0.5, 0.6) is 11.5 Å². The van der Waals surface area contributed by atoms with Crippen molar-refractivity contribution in [2.45, 2.75) is 26.5 Å². The first-order valence-electron chi connectivity index (χ1n) is 7.92. The number of hydrazone groups is 1. The Hall–Kier alpha value is -2.80. The standard InChI is InChI=1S/C18H20ClN3O4/c1-12(2)26-18-14(19)8-13(9-15(18)25-3)10-20-21-16(23)11-22-7-5-4-6-17(22)24/h4-10,12H,11H2,1-3H3,(H,21,23)/b20-10-. The quantitative estimate of drug-likeness (QED) is 0.593. The van der Waals surface area contributed by atoms with Crippen LogP contribution in [0.1, 0.15) is 19.4 Å². The van der Waals surface area contributed by atoms with Gasteiger partial charge in [-0.1, -0.05) is 17.7 Å². The van der Waals surface area contributed by atoms with Crippen LogP contribution >= 0.6 is 11.6 Å². The lowest BCUT2D eigenvalue weighted by molar-refractivity contribution is -0.121. The Balaban J connectivity index is 2.06. The molecule has 0 atom stereocenters. The predicted molar refractivity (Wildman–Crippen MR) is 100 cm³/mol. The molecule has 0 saturated carbocycles. The molecule has 0 radical (unpaired) electrons. The first kappa shape index (κ1) is 19.5. The minimum Gasteiger partial charge on any atom is -0.493 e. The van der Waals surface area contributed by atoms with Gasteiger partial charge < -0.3 is 14.0 Å². The number of aromatic nitrogens is 1. The molecule has 1 N–H and O–H groups in total. The fraction of sp³-hybridized carbons (Fsp3) is 0.278. The lowest BCUT2D eigenvalue weighted by Crippen LogP contribution is -2.28. The van der Waals surface area contributed by atoms with E-state index in [4.69, 9.17) is 21.1 Å². The van der Waals surface area contributed by atoms with Crippen LogP contribution in [-0.4, -0.2) is 29.9 Å². The summed E-state index contributed by atoms with van der Waals surface area (Å²) >= 11 is 6.23. The zero-order chi connectivity index (χ0) is 19.1. The Kier molecular flexibility index (Phi) is 6.80. The van der Waals surface area contributed by atoms with Crippen molar-refractivity contribution in [1.29, 1.82) is 0 Å². The topological polar surface area (TPSA) is 81.9 Å². The van der Waals surface area contributed by atoms with Crippen molar-refractivity contribution in [3.63, 3.8) is 0 Å². The highest BCUT2D eigenvalue weighted by molar-refractivity contribution is 6.32. The molecule has 2 rings (SSSR count). The van der Waals surface area contributed by atoms with E-state index >= 15 is 0 Å². The highest BCUT2D eigenvalue weighted by Crippen LogP contribution is 2.36. The van der Waals surface area contributed by atoms with E-state index in [9.17, 15) is 9.59 Å². The Bertz CT molecular complexity index is 862. The van der Waals surface area contributed by atoms with Crippen molar-refractivity contribution in [3.05, 3.63) is 57.5 Å². The third kappa shape index (κ3) is 5.35. The molecule has 8 heteroatoms. The average molecular weight is 378 g/mol. The summed E-state index contributed by atoms with van der Waals surface area (Å²) in [5, 5.41) is 4.26. The lowest BCUT2D eigenvalue weighted by Gasteiger charge is -2.15. The molecular weight excluding hydrogens is 358 g/mol. The fourth-order valence-electron chi connectivity index (χ4n) is 2.12. The van der Waals surface area contributed by atoms with Crippen molar-refractivity contribution in [2.75, 3.05) is 7.11 Å². The van der Waals surface area contributed by atoms with Gasteiger partial charge in [0.15, 0.2) is 11.5 Å². The monoisotopic (exact) mass is 377 g/mol. The van der Waals surface area contributed by atoms with E-state index in [-0.39, 0.29) is 18.2 Å². The number of amides is 1. The zero-order valence-corrected chi connectivity index (χ0v) is 15.5. The number of carbonyl (C=O) groups excluding carboxylic acids is 1. The van der Waals surface area contributed by atoms with E-state index < -0.39 is 5.91 Å². The number of nitrogens with one attached hydrogen (secondary N) is 1. The number of pyridine rings is 1. The summed E-state index contributed by atoms with van der Waals surface area (Å²) in [5.74, 6) is 0.496. The molecule has 1 heterocycles. The lowest BCUT2D eigenvalue weighted by atomic mass is 10.2. The first-order chi connectivity index (χ1) is 12.4. The van der Waals surface area contributed by atoms with Gasteiger partial charge in [-0.05, 0) is 37.6 Å². The van der Waals surface area contributed by atoms with Gasteiger partial charge in [0.05, 0.1) is 24.5 Å². The van der Waals surface area contributed by atoms with Gasteiger partial charge in [0.1, 0.15) is 6.54 Å². The van der Waals surface area contributed by atoms with E-state index in [2.05, 4.69) is 10.5 Å². The predicted octanol–water partition coefficient (Wildman–Crippen LogP) is 2.45. The molecule has 0 bridgehead atoms. The minimum absolute atomic E-state index is 0.0541. The van der Waals surface area contributed by atoms with Gasteiger partial charge >= 0.3 is 0 Å². The fourth-order valence-corrected chi connectivity index (χ4v) is 2.39. The Morgan fingerprint density at radius 2 is 2.15 bits per heavy atom. The number of nitrogens with zero attached hydrogens (tertiary/aromatic N) is 2. The van der Waals surface area contributed by atoms with E-state index in [1.165, 1.54) is 30.2 Å². The van der Waals surface area contributed by atoms with Crippen LogP contribution in [0.4, 0.5) is 0 Å². The number of benzene rings is 1. The maximum absolute atomic E-state index is 11.9. The van der Waals surface area contributed by atoms with Gasteiger partial charge in [0.2, 0.25) is 0 Å². The van der Waals surface area contributed by atoms with Crippen LogP contribution in [0.3, 0.4) is 0 Å². The van der Waals surface area contributed by atoms with E-state index in [0.29, 0.717) is 22.1 Å². The van der Waals surface area contributed by atoms with E-state index in [1.54, 1.807) is 24.3 Å². The second-order valence-electron chi connectivity index (χ2n) is 5.66. The van der Waals surface area contributed by atoms with Crippen molar-refractivity contribution in [3.8, 4) is 11.5 Å². The number of carbonyl (C=O) groups is 1. The number of methoxy groups -OCH3 is 1. The molecule has 1 aromatic heterocycles. The SMILES string of the molecule is COc1cc(/C=N\NC(=O)Cn2ccccc2=O)cc(Cl)c1OC(C)C. The zero-order valence-electron chi connectivity index (χ0n) is 14.7. The molecule has 2 aromatic rings. The summed E-state index contributed by atoms with van der Waals surface area (Å²) in [4.78, 5) is 23.4. The summed E-state index contributed by atoms with van der Waals surface area (Å²) in [5.41, 5.74) is 2.73. The molecule has 1 amide bonds. The maximum atomic E-state index is 11.9. The summed E-state index contributed by atoms with van der Waals surface area (Å²) in [6, 6.07) is 8.01. The summed E-state index contributed by atoms with van der Waals surface area (Å²) in [6.45, 7) is 3.65. The van der Waals surface area contributed by atoms with E-state index in [0.717, 1.165) is 0 Å². The van der Waals surface area contributed by atoms with Crippen LogP contribution in [0.25, 0.3) is 0 Å². The van der Waals surface area contributed by atoms with Gasteiger partial charge in [0, 0.05) is 12.3 Å².